The molecule has 0 radical (unpaired) electrons. The Bertz CT molecular complexity index is 2050. The first-order chi connectivity index (χ1) is 26.8. The molecule has 2 atom stereocenters. The highest BCUT2D eigenvalue weighted by atomic mass is 79.9. The fourth-order valence-electron chi connectivity index (χ4n) is 8.33. The maximum atomic E-state index is 12.7. The van der Waals surface area contributed by atoms with Crippen molar-refractivity contribution in [3.8, 4) is 0 Å². The van der Waals surface area contributed by atoms with Crippen LogP contribution in [0.15, 0.2) is 94.4 Å². The van der Waals surface area contributed by atoms with E-state index in [9.17, 15) is 4.79 Å². The number of aromatic nitrogens is 3. The Kier molecular flexibility index (Phi) is 12.2. The SMILES string of the molecule is Clc1ccc2c(c1)CCc1cc(Br)cnc1C2N1CCNCC1.O=C(Nc1cccnc1)N1CCN(C2c3ccc(Cl)cc3CCc3cc(Br)cnc32)CC1. The van der Waals surface area contributed by atoms with Crippen LogP contribution in [0, 0.1) is 0 Å². The molecule has 9 nitrogen and oxygen atoms in total. The van der Waals surface area contributed by atoms with Gasteiger partial charge in [0.25, 0.3) is 0 Å². The van der Waals surface area contributed by atoms with E-state index in [1.54, 1.807) is 12.4 Å². The number of hydrogen-bond donors (Lipinski definition) is 2. The van der Waals surface area contributed by atoms with Crippen molar-refractivity contribution in [2.24, 2.45) is 0 Å². The van der Waals surface area contributed by atoms with E-state index in [1.807, 2.05) is 41.6 Å². The van der Waals surface area contributed by atoms with Crippen LogP contribution in [-0.2, 0) is 25.7 Å². The predicted octanol–water partition coefficient (Wildman–Crippen LogP) is 8.52. The second kappa shape index (κ2) is 17.4. The van der Waals surface area contributed by atoms with Crippen LogP contribution in [0.25, 0.3) is 0 Å². The lowest BCUT2D eigenvalue weighted by atomic mass is 9.96. The number of rotatable bonds is 3. The largest absolute Gasteiger partial charge is 0.322 e. The maximum Gasteiger partial charge on any atom is 0.321 e. The normalized spacial score (nSPS) is 19.7. The van der Waals surface area contributed by atoms with Crippen LogP contribution in [0.4, 0.5) is 10.5 Å². The molecular formula is C42H42Br2Cl2N8O. The molecule has 2 aromatic carbocycles. The summed E-state index contributed by atoms with van der Waals surface area (Å²) in [5.41, 5.74) is 10.9. The van der Waals surface area contributed by atoms with Crippen LogP contribution in [0.3, 0.4) is 0 Å². The minimum atomic E-state index is -0.0897. The Hall–Kier alpha value is -3.42. The van der Waals surface area contributed by atoms with Gasteiger partial charge in [0, 0.05) is 89.9 Å². The first-order valence-electron chi connectivity index (χ1n) is 18.8. The van der Waals surface area contributed by atoms with E-state index in [0.717, 1.165) is 89.6 Å². The number of benzene rings is 2. The Morgan fingerprint density at radius 2 is 1.20 bits per heavy atom. The van der Waals surface area contributed by atoms with E-state index in [1.165, 1.54) is 39.1 Å². The number of halogens is 4. The summed E-state index contributed by atoms with van der Waals surface area (Å²) in [4.78, 5) is 33.3. The number of amides is 2. The number of fused-ring (bicyclic) bond motifs is 4. The zero-order chi connectivity index (χ0) is 37.9. The van der Waals surface area contributed by atoms with Gasteiger partial charge in [-0.1, -0.05) is 35.3 Å². The fourth-order valence-corrected chi connectivity index (χ4v) is 9.47. The Balaban J connectivity index is 0.000000164. The summed E-state index contributed by atoms with van der Waals surface area (Å²) in [5.74, 6) is 0. The molecule has 9 rings (SSSR count). The number of urea groups is 1. The highest BCUT2D eigenvalue weighted by Crippen LogP contribution is 2.39. The lowest BCUT2D eigenvalue weighted by molar-refractivity contribution is 0.125. The molecule has 2 amide bonds. The van der Waals surface area contributed by atoms with Crippen LogP contribution in [0.2, 0.25) is 10.0 Å². The van der Waals surface area contributed by atoms with E-state index in [2.05, 4.69) is 93.7 Å². The van der Waals surface area contributed by atoms with E-state index >= 15 is 0 Å². The van der Waals surface area contributed by atoms with Gasteiger partial charge in [-0.2, -0.15) is 0 Å². The summed E-state index contributed by atoms with van der Waals surface area (Å²) in [7, 11) is 0. The van der Waals surface area contributed by atoms with E-state index in [0.29, 0.717) is 18.8 Å². The average molecular weight is 906 g/mol. The van der Waals surface area contributed by atoms with Crippen LogP contribution in [0.5, 0.6) is 0 Å². The summed E-state index contributed by atoms with van der Waals surface area (Å²) in [6.07, 6.45) is 11.0. The zero-order valence-electron chi connectivity index (χ0n) is 30.3. The summed E-state index contributed by atoms with van der Waals surface area (Å²) < 4.78 is 2.05. The molecule has 5 aromatic rings. The van der Waals surface area contributed by atoms with Crippen molar-refractivity contribution in [1.82, 2.24) is 35.0 Å². The molecule has 4 aliphatic rings. The lowest BCUT2D eigenvalue weighted by Crippen LogP contribution is -2.51. The highest BCUT2D eigenvalue weighted by molar-refractivity contribution is 9.10. The Morgan fingerprint density at radius 3 is 1.73 bits per heavy atom. The fraction of sp³-hybridized carbons (Fsp3) is 0.333. The van der Waals surface area contributed by atoms with Crippen molar-refractivity contribution >= 4 is 66.8 Å². The summed E-state index contributed by atoms with van der Waals surface area (Å²) in [5, 5.41) is 7.96. The van der Waals surface area contributed by atoms with Gasteiger partial charge in [0.15, 0.2) is 0 Å². The number of nitrogens with zero attached hydrogens (tertiary/aromatic N) is 6. The van der Waals surface area contributed by atoms with Gasteiger partial charge in [-0.25, -0.2) is 4.79 Å². The summed E-state index contributed by atoms with van der Waals surface area (Å²) in [6, 6.07) is 20.8. The van der Waals surface area contributed by atoms with Gasteiger partial charge < -0.3 is 15.5 Å². The molecule has 2 aliphatic carbocycles. The topological polar surface area (TPSA) is 89.5 Å². The number of piperazine rings is 2. The van der Waals surface area contributed by atoms with Crippen LogP contribution < -0.4 is 10.6 Å². The van der Waals surface area contributed by atoms with E-state index in [-0.39, 0.29) is 18.1 Å². The summed E-state index contributed by atoms with van der Waals surface area (Å²) in [6.45, 7) is 6.99. The van der Waals surface area contributed by atoms with Crippen LogP contribution in [-0.4, -0.2) is 88.0 Å². The zero-order valence-corrected chi connectivity index (χ0v) is 35.0. The minimum Gasteiger partial charge on any atom is -0.322 e. The molecule has 3 aromatic heterocycles. The van der Waals surface area contributed by atoms with Crippen molar-refractivity contribution in [1.29, 1.82) is 0 Å². The third-order valence-corrected chi connectivity index (χ3v) is 12.3. The monoisotopic (exact) mass is 902 g/mol. The second-order valence-corrected chi connectivity index (χ2v) is 17.1. The van der Waals surface area contributed by atoms with Gasteiger partial charge in [0.2, 0.25) is 0 Å². The Morgan fingerprint density at radius 1 is 0.673 bits per heavy atom. The smallest absolute Gasteiger partial charge is 0.321 e. The third kappa shape index (κ3) is 8.78. The van der Waals surface area contributed by atoms with Gasteiger partial charge in [-0.15, -0.1) is 0 Å². The summed E-state index contributed by atoms with van der Waals surface area (Å²) >= 11 is 19.7. The molecule has 2 unspecified atom stereocenters. The first-order valence-corrected chi connectivity index (χ1v) is 21.1. The van der Waals surface area contributed by atoms with Gasteiger partial charge in [0.05, 0.1) is 35.4 Å². The Labute approximate surface area is 349 Å². The third-order valence-electron chi connectivity index (χ3n) is 11.0. The molecule has 0 bridgehead atoms. The quantitative estimate of drug-likeness (QED) is 0.188. The maximum absolute atomic E-state index is 12.7. The van der Waals surface area contributed by atoms with E-state index in [4.69, 9.17) is 33.2 Å². The first kappa shape index (κ1) is 38.5. The molecular weight excluding hydrogens is 863 g/mol. The molecule has 0 spiro atoms. The number of aryl methyl sites for hydroxylation is 4. The number of nitrogens with one attached hydrogen (secondary N) is 2. The molecule has 2 fully saturated rings. The van der Waals surface area contributed by atoms with Gasteiger partial charge in [-0.05, 0) is 139 Å². The molecule has 0 saturated carbocycles. The van der Waals surface area contributed by atoms with Gasteiger partial charge >= 0.3 is 6.03 Å². The molecule has 55 heavy (non-hydrogen) atoms. The number of anilines is 1. The highest BCUT2D eigenvalue weighted by Gasteiger charge is 2.34. The van der Waals surface area contributed by atoms with Crippen molar-refractivity contribution < 1.29 is 4.79 Å². The number of hydrogen-bond acceptors (Lipinski definition) is 7. The number of carbonyl (C=O) groups excluding carboxylic acids is 1. The van der Waals surface area contributed by atoms with Crippen molar-refractivity contribution in [2.45, 2.75) is 37.8 Å². The van der Waals surface area contributed by atoms with Crippen molar-refractivity contribution in [2.75, 3.05) is 57.7 Å². The predicted molar refractivity (Wildman–Crippen MR) is 226 cm³/mol. The van der Waals surface area contributed by atoms with Crippen molar-refractivity contribution in [3.63, 3.8) is 0 Å². The average Bonchev–Trinajstić information content (AvgIpc) is 3.46. The second-order valence-electron chi connectivity index (χ2n) is 14.4. The van der Waals surface area contributed by atoms with Gasteiger partial charge in [-0.3, -0.25) is 24.8 Å². The number of pyridine rings is 3. The minimum absolute atomic E-state index is 0.0522. The van der Waals surface area contributed by atoms with Crippen molar-refractivity contribution in [3.05, 3.63) is 149 Å². The lowest BCUT2D eigenvalue weighted by Gasteiger charge is -2.39. The molecule has 2 N–H and O–H groups in total. The van der Waals surface area contributed by atoms with E-state index < -0.39 is 0 Å². The number of carbonyl (C=O) groups is 1. The van der Waals surface area contributed by atoms with Crippen LogP contribution in [0.1, 0.15) is 56.9 Å². The molecule has 5 heterocycles. The van der Waals surface area contributed by atoms with Crippen LogP contribution >= 0.6 is 55.1 Å². The molecule has 284 valence electrons. The standard InChI is InChI=1S/C24H23BrClN5O.C18H19BrClN3/c25-18-12-17-4-3-16-13-19(26)5-6-21(16)23(22(17)28-14-18)30-8-10-31(11-9-30)24(32)29-20-2-1-7-27-15-20;19-14-9-13-2-1-12-10-15(20)3-4-16(12)18(17(13)22-11-14)23-7-5-21-6-8-23/h1-2,5-7,12-15,23H,3-4,8-11H2,(H,29,32);3-4,9-11,18,21H,1-2,5-8H2. The molecule has 2 saturated heterocycles. The van der Waals surface area contributed by atoms with Gasteiger partial charge in [0.1, 0.15) is 0 Å². The molecule has 13 heteroatoms. The molecule has 2 aliphatic heterocycles.